The van der Waals surface area contributed by atoms with Gasteiger partial charge in [-0.1, -0.05) is 0 Å². The molecule has 3 aromatic rings. The Balaban J connectivity index is 1.81. The predicted molar refractivity (Wildman–Crippen MR) is 66.7 cm³/mol. The Bertz CT molecular complexity index is 623. The summed E-state index contributed by atoms with van der Waals surface area (Å²) in [6.07, 6.45) is 1.75. The Hall–Kier alpha value is -2.30. The van der Waals surface area contributed by atoms with E-state index in [1.807, 2.05) is 25.1 Å². The molecule has 5 nitrogen and oxygen atoms in total. The number of imidazole rings is 1. The number of aromatic amines is 2. The first-order valence-electron chi connectivity index (χ1n) is 5.50. The molecule has 1 aromatic carbocycles. The normalized spacial score (nSPS) is 10.9. The van der Waals surface area contributed by atoms with Crippen molar-refractivity contribution in [3.63, 3.8) is 0 Å². The molecule has 0 fully saturated rings. The third kappa shape index (κ3) is 1.99. The maximum atomic E-state index is 4.36. The van der Waals surface area contributed by atoms with Crippen LogP contribution in [0.25, 0.3) is 11.0 Å². The largest absolute Gasteiger partial charge is 0.379 e. The van der Waals surface area contributed by atoms with Crippen molar-refractivity contribution in [2.24, 2.45) is 0 Å². The van der Waals surface area contributed by atoms with Crippen molar-refractivity contribution in [3.8, 4) is 0 Å². The molecule has 0 amide bonds. The van der Waals surface area contributed by atoms with Crippen molar-refractivity contribution in [2.45, 2.75) is 13.5 Å². The van der Waals surface area contributed by atoms with E-state index in [0.717, 1.165) is 34.8 Å². The number of rotatable bonds is 3. The first kappa shape index (κ1) is 9.89. The topological polar surface area (TPSA) is 69.4 Å². The highest BCUT2D eigenvalue weighted by Gasteiger charge is 2.00. The first-order valence-corrected chi connectivity index (χ1v) is 5.50. The van der Waals surface area contributed by atoms with Crippen LogP contribution >= 0.6 is 0 Å². The molecule has 0 spiro atoms. The molecule has 5 heteroatoms. The quantitative estimate of drug-likeness (QED) is 0.642. The van der Waals surface area contributed by atoms with Gasteiger partial charge in [-0.2, -0.15) is 5.10 Å². The lowest BCUT2D eigenvalue weighted by Gasteiger charge is -2.04. The highest BCUT2D eigenvalue weighted by Crippen LogP contribution is 2.17. The van der Waals surface area contributed by atoms with Crippen LogP contribution < -0.4 is 5.32 Å². The maximum absolute atomic E-state index is 4.36. The van der Waals surface area contributed by atoms with E-state index < -0.39 is 0 Å². The maximum Gasteiger partial charge on any atom is 0.104 e. The standard InChI is InChI=1S/C12H13N5/c1-8-15-11-3-2-9(6-12(11)16-8)13-7-10-4-5-14-17-10/h2-6,13H,7H2,1H3,(H,14,17)(H,15,16). The number of H-pyrrole nitrogens is 2. The molecule has 0 saturated heterocycles. The highest BCUT2D eigenvalue weighted by molar-refractivity contribution is 5.79. The Morgan fingerprint density at radius 2 is 2.24 bits per heavy atom. The zero-order valence-corrected chi connectivity index (χ0v) is 9.49. The average molecular weight is 227 g/mol. The summed E-state index contributed by atoms with van der Waals surface area (Å²) < 4.78 is 0. The monoisotopic (exact) mass is 227 g/mol. The van der Waals surface area contributed by atoms with E-state index in [4.69, 9.17) is 0 Å². The van der Waals surface area contributed by atoms with Crippen molar-refractivity contribution in [2.75, 3.05) is 5.32 Å². The van der Waals surface area contributed by atoms with Crippen LogP contribution in [-0.4, -0.2) is 20.2 Å². The van der Waals surface area contributed by atoms with Gasteiger partial charge in [0.25, 0.3) is 0 Å². The van der Waals surface area contributed by atoms with Gasteiger partial charge in [0, 0.05) is 11.9 Å². The zero-order valence-electron chi connectivity index (χ0n) is 9.49. The van der Waals surface area contributed by atoms with Gasteiger partial charge in [-0.25, -0.2) is 4.98 Å². The molecule has 2 heterocycles. The minimum Gasteiger partial charge on any atom is -0.379 e. The van der Waals surface area contributed by atoms with Crippen LogP contribution in [0.1, 0.15) is 11.5 Å². The van der Waals surface area contributed by atoms with Crippen molar-refractivity contribution in [3.05, 3.63) is 42.0 Å². The number of benzene rings is 1. The fourth-order valence-electron chi connectivity index (χ4n) is 1.83. The summed E-state index contributed by atoms with van der Waals surface area (Å²) >= 11 is 0. The van der Waals surface area contributed by atoms with Gasteiger partial charge < -0.3 is 10.3 Å². The van der Waals surface area contributed by atoms with Gasteiger partial charge in [0.1, 0.15) is 5.82 Å². The van der Waals surface area contributed by atoms with Crippen LogP contribution in [0.5, 0.6) is 0 Å². The molecule has 86 valence electrons. The van der Waals surface area contributed by atoms with Crippen LogP contribution in [0, 0.1) is 6.92 Å². The van der Waals surface area contributed by atoms with Gasteiger partial charge >= 0.3 is 0 Å². The second-order valence-electron chi connectivity index (χ2n) is 3.99. The van der Waals surface area contributed by atoms with Crippen molar-refractivity contribution in [1.82, 2.24) is 20.2 Å². The van der Waals surface area contributed by atoms with Gasteiger partial charge in [-0.15, -0.1) is 0 Å². The smallest absolute Gasteiger partial charge is 0.104 e. The Kier molecular flexibility index (Phi) is 2.29. The fraction of sp³-hybridized carbons (Fsp3) is 0.167. The molecule has 17 heavy (non-hydrogen) atoms. The van der Waals surface area contributed by atoms with E-state index in [0.29, 0.717) is 0 Å². The van der Waals surface area contributed by atoms with E-state index >= 15 is 0 Å². The Morgan fingerprint density at radius 1 is 1.29 bits per heavy atom. The van der Waals surface area contributed by atoms with E-state index in [9.17, 15) is 0 Å². The number of anilines is 1. The van der Waals surface area contributed by atoms with Gasteiger partial charge in [-0.3, -0.25) is 5.10 Å². The van der Waals surface area contributed by atoms with Gasteiger partial charge in [-0.05, 0) is 31.2 Å². The number of hydrogen-bond donors (Lipinski definition) is 3. The van der Waals surface area contributed by atoms with Gasteiger partial charge in [0.15, 0.2) is 0 Å². The van der Waals surface area contributed by atoms with Crippen LogP contribution in [0.3, 0.4) is 0 Å². The van der Waals surface area contributed by atoms with Crippen molar-refractivity contribution < 1.29 is 0 Å². The first-order chi connectivity index (χ1) is 8.31. The van der Waals surface area contributed by atoms with E-state index in [1.54, 1.807) is 6.20 Å². The van der Waals surface area contributed by atoms with Crippen LogP contribution in [0.4, 0.5) is 5.69 Å². The minimum atomic E-state index is 0.735. The molecule has 0 aliphatic heterocycles. The highest BCUT2D eigenvalue weighted by atomic mass is 15.1. The summed E-state index contributed by atoms with van der Waals surface area (Å²) in [6, 6.07) is 8.05. The van der Waals surface area contributed by atoms with Gasteiger partial charge in [0.2, 0.25) is 0 Å². The summed E-state index contributed by atoms with van der Waals surface area (Å²) in [5.41, 5.74) is 4.17. The number of nitrogens with zero attached hydrogens (tertiary/aromatic N) is 2. The molecule has 0 aliphatic rings. The minimum absolute atomic E-state index is 0.735. The average Bonchev–Trinajstić information content (AvgIpc) is 2.92. The van der Waals surface area contributed by atoms with Crippen LogP contribution in [0.2, 0.25) is 0 Å². The second-order valence-corrected chi connectivity index (χ2v) is 3.99. The molecule has 0 saturated carbocycles. The number of nitrogens with one attached hydrogen (secondary N) is 3. The molecule has 3 rings (SSSR count). The summed E-state index contributed by atoms with van der Waals surface area (Å²) in [6.45, 7) is 2.69. The molecule has 0 radical (unpaired) electrons. The predicted octanol–water partition coefficient (Wildman–Crippen LogP) is 2.21. The number of aromatic nitrogens is 4. The Labute approximate surface area is 98.3 Å². The van der Waals surface area contributed by atoms with E-state index in [1.165, 1.54) is 0 Å². The summed E-state index contributed by atoms with van der Waals surface area (Å²) in [5.74, 6) is 0.936. The second kappa shape index (κ2) is 3.93. The molecule has 0 atom stereocenters. The lowest BCUT2D eigenvalue weighted by molar-refractivity contribution is 0.982. The van der Waals surface area contributed by atoms with Crippen molar-refractivity contribution >= 4 is 16.7 Å². The molecule has 2 aromatic heterocycles. The third-order valence-electron chi connectivity index (χ3n) is 2.64. The molecule has 0 unspecified atom stereocenters. The zero-order chi connectivity index (χ0) is 11.7. The molecular weight excluding hydrogens is 214 g/mol. The number of fused-ring (bicyclic) bond motifs is 1. The molecular formula is C12H13N5. The summed E-state index contributed by atoms with van der Waals surface area (Å²) in [7, 11) is 0. The van der Waals surface area contributed by atoms with Crippen LogP contribution in [-0.2, 0) is 6.54 Å². The Morgan fingerprint density at radius 3 is 3.06 bits per heavy atom. The van der Waals surface area contributed by atoms with E-state index in [2.05, 4.69) is 31.5 Å². The third-order valence-corrected chi connectivity index (χ3v) is 2.64. The van der Waals surface area contributed by atoms with Gasteiger partial charge in [0.05, 0.1) is 23.3 Å². The van der Waals surface area contributed by atoms with Crippen LogP contribution in [0.15, 0.2) is 30.5 Å². The molecule has 0 aliphatic carbocycles. The van der Waals surface area contributed by atoms with E-state index in [-0.39, 0.29) is 0 Å². The van der Waals surface area contributed by atoms with Crippen molar-refractivity contribution in [1.29, 1.82) is 0 Å². The lowest BCUT2D eigenvalue weighted by Crippen LogP contribution is -1.99. The molecule has 0 bridgehead atoms. The number of aryl methyl sites for hydroxylation is 1. The SMILES string of the molecule is Cc1nc2ccc(NCc3ccn[nH]3)cc2[nH]1. The fourth-order valence-corrected chi connectivity index (χ4v) is 1.83. The lowest BCUT2D eigenvalue weighted by atomic mass is 10.2. The number of hydrogen-bond acceptors (Lipinski definition) is 3. The summed E-state index contributed by atoms with van der Waals surface area (Å²) in [4.78, 5) is 7.59. The molecule has 3 N–H and O–H groups in total. The summed E-state index contributed by atoms with van der Waals surface area (Å²) in [5, 5.41) is 10.2.